The molecule has 4 N–H and O–H groups in total. The van der Waals surface area contributed by atoms with E-state index in [1.54, 1.807) is 24.3 Å². The van der Waals surface area contributed by atoms with Crippen LogP contribution in [0.25, 0.3) is 11.3 Å². The molecule has 0 unspecified atom stereocenters. The monoisotopic (exact) mass is 443 g/mol. The highest BCUT2D eigenvalue weighted by molar-refractivity contribution is 9.10. The summed E-state index contributed by atoms with van der Waals surface area (Å²) in [6, 6.07) is 11.4. The fourth-order valence-electron chi connectivity index (χ4n) is 2.59. The Kier molecular flexibility index (Phi) is 5.61. The molecule has 142 valence electrons. The van der Waals surface area contributed by atoms with Crippen LogP contribution in [0.1, 0.15) is 11.1 Å². The van der Waals surface area contributed by atoms with Gasteiger partial charge in [0.1, 0.15) is 29.9 Å². The largest absolute Gasteiger partial charge is 0.493 e. The van der Waals surface area contributed by atoms with E-state index >= 15 is 0 Å². The van der Waals surface area contributed by atoms with Crippen molar-refractivity contribution in [2.24, 2.45) is 0 Å². The Morgan fingerprint density at radius 2 is 2.00 bits per heavy atom. The van der Waals surface area contributed by atoms with Crippen molar-refractivity contribution in [3.8, 4) is 28.8 Å². The predicted molar refractivity (Wildman–Crippen MR) is 106 cm³/mol. The summed E-state index contributed by atoms with van der Waals surface area (Å²) in [4.78, 5) is 7.94. The van der Waals surface area contributed by atoms with E-state index in [1.165, 1.54) is 19.2 Å². The molecule has 0 aliphatic rings. The molecule has 0 aliphatic heterocycles. The van der Waals surface area contributed by atoms with Crippen molar-refractivity contribution in [3.63, 3.8) is 0 Å². The lowest BCUT2D eigenvalue weighted by Crippen LogP contribution is -2.05. The number of nitriles is 1. The molecule has 0 saturated heterocycles. The third kappa shape index (κ3) is 3.97. The first kappa shape index (κ1) is 19.4. The number of hydrogen-bond donors (Lipinski definition) is 2. The van der Waals surface area contributed by atoms with Gasteiger partial charge >= 0.3 is 0 Å². The van der Waals surface area contributed by atoms with Gasteiger partial charge in [-0.1, -0.05) is 12.1 Å². The maximum atomic E-state index is 13.3. The van der Waals surface area contributed by atoms with Crippen molar-refractivity contribution < 1.29 is 13.9 Å². The van der Waals surface area contributed by atoms with Crippen LogP contribution in [0.3, 0.4) is 0 Å². The smallest absolute Gasteiger partial charge is 0.222 e. The molecule has 28 heavy (non-hydrogen) atoms. The normalized spacial score (nSPS) is 10.4. The number of methoxy groups -OCH3 is 1. The second-order valence-electron chi connectivity index (χ2n) is 5.71. The quantitative estimate of drug-likeness (QED) is 0.616. The maximum Gasteiger partial charge on any atom is 0.222 e. The molecule has 0 spiro atoms. The molecule has 3 aromatic rings. The summed E-state index contributed by atoms with van der Waals surface area (Å²) in [6.45, 7) is 0.142. The third-order valence-corrected chi connectivity index (χ3v) is 4.43. The molecule has 7 nitrogen and oxygen atoms in total. The molecule has 1 aromatic heterocycles. The molecule has 0 radical (unpaired) electrons. The van der Waals surface area contributed by atoms with Gasteiger partial charge in [0, 0.05) is 5.56 Å². The zero-order valence-corrected chi connectivity index (χ0v) is 16.3. The van der Waals surface area contributed by atoms with Crippen molar-refractivity contribution in [2.75, 3.05) is 18.6 Å². The molecule has 0 atom stereocenters. The second-order valence-corrected chi connectivity index (χ2v) is 6.56. The summed E-state index contributed by atoms with van der Waals surface area (Å²) in [5.41, 5.74) is 13.1. The average Bonchev–Trinajstić information content (AvgIpc) is 2.66. The summed E-state index contributed by atoms with van der Waals surface area (Å²) in [7, 11) is 1.48. The van der Waals surface area contributed by atoms with E-state index in [-0.39, 0.29) is 35.4 Å². The number of nitrogens with zero attached hydrogens (tertiary/aromatic N) is 3. The first-order chi connectivity index (χ1) is 13.4. The summed E-state index contributed by atoms with van der Waals surface area (Å²) in [6.07, 6.45) is 0. The lowest BCUT2D eigenvalue weighted by molar-refractivity contribution is 0.282. The van der Waals surface area contributed by atoms with E-state index in [0.29, 0.717) is 27.1 Å². The lowest BCUT2D eigenvalue weighted by Gasteiger charge is -2.15. The van der Waals surface area contributed by atoms with Crippen LogP contribution >= 0.6 is 15.9 Å². The van der Waals surface area contributed by atoms with Crippen LogP contribution in [-0.4, -0.2) is 17.1 Å². The molecule has 0 fully saturated rings. The molecule has 0 amide bonds. The Balaban J connectivity index is 2.00. The fourth-order valence-corrected chi connectivity index (χ4v) is 3.15. The SMILES string of the molecule is COc1cc(-c2nc(N)nc(N)c2C#N)cc(Br)c1OCc1cccc(F)c1. The summed E-state index contributed by atoms with van der Waals surface area (Å²) >= 11 is 3.44. The van der Waals surface area contributed by atoms with Gasteiger partial charge in [-0.25, -0.2) is 9.37 Å². The van der Waals surface area contributed by atoms with Gasteiger partial charge in [-0.15, -0.1) is 0 Å². The van der Waals surface area contributed by atoms with E-state index in [4.69, 9.17) is 20.9 Å². The summed E-state index contributed by atoms with van der Waals surface area (Å²) < 4.78 is 25.1. The van der Waals surface area contributed by atoms with Gasteiger partial charge in [0.2, 0.25) is 5.95 Å². The molecular weight excluding hydrogens is 429 g/mol. The predicted octanol–water partition coefficient (Wildman–Crippen LogP) is 3.67. The number of halogens is 2. The van der Waals surface area contributed by atoms with E-state index in [1.807, 2.05) is 6.07 Å². The highest BCUT2D eigenvalue weighted by atomic mass is 79.9. The first-order valence-corrected chi connectivity index (χ1v) is 8.80. The van der Waals surface area contributed by atoms with Gasteiger partial charge < -0.3 is 20.9 Å². The van der Waals surface area contributed by atoms with Gasteiger partial charge in [-0.2, -0.15) is 10.2 Å². The van der Waals surface area contributed by atoms with Crippen molar-refractivity contribution in [3.05, 3.63) is 57.8 Å². The minimum absolute atomic E-state index is 0.00785. The molecular formula is C19H15BrFN5O2. The van der Waals surface area contributed by atoms with Crippen LogP contribution in [0, 0.1) is 17.1 Å². The number of ether oxygens (including phenoxy) is 2. The Labute approximate surface area is 168 Å². The lowest BCUT2D eigenvalue weighted by atomic mass is 10.1. The van der Waals surface area contributed by atoms with Gasteiger partial charge in [0.25, 0.3) is 0 Å². The highest BCUT2D eigenvalue weighted by Gasteiger charge is 2.18. The van der Waals surface area contributed by atoms with Gasteiger partial charge in [-0.05, 0) is 45.8 Å². The highest BCUT2D eigenvalue weighted by Crippen LogP contribution is 2.40. The van der Waals surface area contributed by atoms with Crippen LogP contribution in [0.2, 0.25) is 0 Å². The van der Waals surface area contributed by atoms with Crippen molar-refractivity contribution in [2.45, 2.75) is 6.61 Å². The molecule has 0 bridgehead atoms. The minimum atomic E-state index is -0.342. The van der Waals surface area contributed by atoms with E-state index in [2.05, 4.69) is 25.9 Å². The molecule has 0 saturated carbocycles. The van der Waals surface area contributed by atoms with Crippen LogP contribution in [-0.2, 0) is 6.61 Å². The topological polar surface area (TPSA) is 120 Å². The Bertz CT molecular complexity index is 1080. The van der Waals surface area contributed by atoms with E-state index in [9.17, 15) is 9.65 Å². The number of aromatic nitrogens is 2. The number of anilines is 2. The van der Waals surface area contributed by atoms with Crippen LogP contribution < -0.4 is 20.9 Å². The Morgan fingerprint density at radius 1 is 1.21 bits per heavy atom. The van der Waals surface area contributed by atoms with Crippen molar-refractivity contribution >= 4 is 27.7 Å². The molecule has 9 heteroatoms. The van der Waals surface area contributed by atoms with Gasteiger partial charge in [0.15, 0.2) is 11.5 Å². The number of hydrogen-bond acceptors (Lipinski definition) is 7. The Morgan fingerprint density at radius 3 is 2.68 bits per heavy atom. The van der Waals surface area contributed by atoms with Crippen molar-refractivity contribution in [1.82, 2.24) is 9.97 Å². The van der Waals surface area contributed by atoms with Crippen LogP contribution in [0.5, 0.6) is 11.5 Å². The molecule has 1 heterocycles. The van der Waals surface area contributed by atoms with E-state index < -0.39 is 0 Å². The molecule has 0 aliphatic carbocycles. The second kappa shape index (κ2) is 8.10. The number of rotatable bonds is 5. The molecule has 2 aromatic carbocycles. The average molecular weight is 444 g/mol. The zero-order chi connectivity index (χ0) is 20.3. The van der Waals surface area contributed by atoms with E-state index in [0.717, 1.165) is 0 Å². The van der Waals surface area contributed by atoms with Crippen LogP contribution in [0.15, 0.2) is 40.9 Å². The number of nitrogen functional groups attached to an aromatic ring is 2. The fraction of sp³-hybridized carbons (Fsp3) is 0.105. The summed E-state index contributed by atoms with van der Waals surface area (Å²) in [5, 5.41) is 9.39. The van der Waals surface area contributed by atoms with Crippen molar-refractivity contribution in [1.29, 1.82) is 5.26 Å². The minimum Gasteiger partial charge on any atom is -0.493 e. The number of nitrogens with two attached hydrogens (primary N) is 2. The van der Waals surface area contributed by atoms with Gasteiger partial charge in [0.05, 0.1) is 17.3 Å². The maximum absolute atomic E-state index is 13.3. The molecule has 3 rings (SSSR count). The zero-order valence-electron chi connectivity index (χ0n) is 14.7. The van der Waals surface area contributed by atoms with Gasteiger partial charge in [-0.3, -0.25) is 0 Å². The van der Waals surface area contributed by atoms with Crippen LogP contribution in [0.4, 0.5) is 16.2 Å². The Hall–Kier alpha value is -3.38. The number of benzene rings is 2. The third-order valence-electron chi connectivity index (χ3n) is 3.84. The first-order valence-electron chi connectivity index (χ1n) is 8.01. The standard InChI is InChI=1S/C19H15BrFN5O2/c1-27-15-7-11(16-13(8-22)18(23)26-19(24)25-16)6-14(20)17(15)28-9-10-3-2-4-12(21)5-10/h2-7H,9H2,1H3,(H4,23,24,25,26). The summed E-state index contributed by atoms with van der Waals surface area (Å²) in [5.74, 6) is 0.412.